The molecule has 0 aromatic rings. The minimum Gasteiger partial charge on any atom is -0.462 e. The highest BCUT2D eigenvalue weighted by atomic mass is 16.6. The molecule has 5 heteroatoms. The van der Waals surface area contributed by atoms with Gasteiger partial charge < -0.3 is 14.2 Å². The van der Waals surface area contributed by atoms with Gasteiger partial charge in [-0.2, -0.15) is 0 Å². The summed E-state index contributed by atoms with van der Waals surface area (Å²) in [6, 6.07) is 0. The van der Waals surface area contributed by atoms with Crippen LogP contribution in [0, 0.1) is 0 Å². The van der Waals surface area contributed by atoms with E-state index in [4.69, 9.17) is 14.2 Å². The second-order valence-corrected chi connectivity index (χ2v) is 21.7. The van der Waals surface area contributed by atoms with Crippen LogP contribution in [0.2, 0.25) is 0 Å². The molecule has 1 unspecified atom stereocenters. The Morgan fingerprint density at radius 3 is 0.871 bits per heavy atom. The number of carbonyl (C=O) groups is 2. The Morgan fingerprint density at radius 1 is 0.300 bits per heavy atom. The zero-order valence-electron chi connectivity index (χ0n) is 47.8. The topological polar surface area (TPSA) is 61.8 Å². The fraction of sp³-hybridized carbons (Fsp3) is 0.908. The van der Waals surface area contributed by atoms with E-state index in [-0.39, 0.29) is 18.5 Å². The summed E-state index contributed by atoms with van der Waals surface area (Å²) in [5.74, 6) is -0.376. The summed E-state index contributed by atoms with van der Waals surface area (Å²) >= 11 is 0. The van der Waals surface area contributed by atoms with E-state index in [1.54, 1.807) is 0 Å². The number of esters is 2. The second kappa shape index (κ2) is 61.7. The van der Waals surface area contributed by atoms with Crippen LogP contribution in [0.1, 0.15) is 355 Å². The van der Waals surface area contributed by atoms with Gasteiger partial charge in [0, 0.05) is 19.4 Å². The lowest BCUT2D eigenvalue weighted by Gasteiger charge is -2.18. The molecular formula is C65H124O5. The van der Waals surface area contributed by atoms with Crippen molar-refractivity contribution >= 4 is 11.9 Å². The van der Waals surface area contributed by atoms with Crippen LogP contribution in [-0.4, -0.2) is 37.9 Å². The molecule has 414 valence electrons. The monoisotopic (exact) mass is 985 g/mol. The van der Waals surface area contributed by atoms with Crippen LogP contribution in [0.15, 0.2) is 24.3 Å². The minimum atomic E-state index is -0.534. The van der Waals surface area contributed by atoms with Crippen molar-refractivity contribution in [2.45, 2.75) is 361 Å². The molecule has 0 saturated carbocycles. The summed E-state index contributed by atoms with van der Waals surface area (Å²) in [5, 5.41) is 0. The largest absolute Gasteiger partial charge is 0.462 e. The standard InChI is InChI=1S/C65H124O5/c1-4-7-10-13-16-19-22-25-28-31-32-33-36-39-42-45-48-51-54-57-60-68-61-63(70-65(67)59-56-53-50-47-44-41-38-35-30-27-24-21-18-15-12-9-6-3)62-69-64(66)58-55-52-49-46-43-40-37-34-29-26-23-20-17-14-11-8-5-2/h25-26,28-29,63H,4-24,27,30-62H2,1-3H3/b28-25-,29-26-. The van der Waals surface area contributed by atoms with Crippen LogP contribution in [-0.2, 0) is 23.8 Å². The molecule has 0 bridgehead atoms. The van der Waals surface area contributed by atoms with E-state index in [1.807, 2.05) is 0 Å². The second-order valence-electron chi connectivity index (χ2n) is 21.7. The maximum absolute atomic E-state index is 12.9. The van der Waals surface area contributed by atoms with Crippen molar-refractivity contribution < 1.29 is 23.8 Å². The molecule has 1 atom stereocenters. The zero-order valence-corrected chi connectivity index (χ0v) is 47.8. The summed E-state index contributed by atoms with van der Waals surface area (Å²) in [6.45, 7) is 7.90. The predicted octanol–water partition coefficient (Wildman–Crippen LogP) is 21.9. The molecule has 70 heavy (non-hydrogen) atoms. The molecular weight excluding hydrogens is 861 g/mol. The molecule has 0 aromatic carbocycles. The van der Waals surface area contributed by atoms with Gasteiger partial charge >= 0.3 is 11.9 Å². The first-order valence-corrected chi connectivity index (χ1v) is 31.9. The smallest absolute Gasteiger partial charge is 0.306 e. The Bertz CT molecular complexity index is 1070. The highest BCUT2D eigenvalue weighted by Gasteiger charge is 2.18. The van der Waals surface area contributed by atoms with Crippen molar-refractivity contribution in [3.63, 3.8) is 0 Å². The summed E-state index contributed by atoms with van der Waals surface area (Å²) in [7, 11) is 0. The molecule has 0 radical (unpaired) electrons. The van der Waals surface area contributed by atoms with Crippen molar-refractivity contribution in [3.05, 3.63) is 24.3 Å². The SMILES string of the molecule is CCCCCCCC/C=C\CCCCCCCCCCCCOCC(COC(=O)CCCCCCCCC/C=C\CCCCCCCC)OC(=O)CCCCCCCCCCCCCCCCCCC. The molecule has 0 rings (SSSR count). The van der Waals surface area contributed by atoms with Gasteiger partial charge in [0.1, 0.15) is 6.61 Å². The van der Waals surface area contributed by atoms with E-state index >= 15 is 0 Å². The quantitative estimate of drug-likeness (QED) is 0.0345. The highest BCUT2D eigenvalue weighted by Crippen LogP contribution is 2.17. The van der Waals surface area contributed by atoms with E-state index in [0.717, 1.165) is 32.1 Å². The maximum Gasteiger partial charge on any atom is 0.306 e. The molecule has 0 aliphatic rings. The number of ether oxygens (including phenoxy) is 3. The van der Waals surface area contributed by atoms with Crippen molar-refractivity contribution in [3.8, 4) is 0 Å². The maximum atomic E-state index is 12.9. The van der Waals surface area contributed by atoms with Crippen LogP contribution < -0.4 is 0 Å². The number of hydrogen-bond acceptors (Lipinski definition) is 5. The highest BCUT2D eigenvalue weighted by molar-refractivity contribution is 5.70. The molecule has 0 N–H and O–H groups in total. The summed E-state index contributed by atoms with van der Waals surface area (Å²) in [5.41, 5.74) is 0. The summed E-state index contributed by atoms with van der Waals surface area (Å²) in [6.07, 6.45) is 75.0. The van der Waals surface area contributed by atoms with Crippen LogP contribution in [0.3, 0.4) is 0 Å². The first-order valence-electron chi connectivity index (χ1n) is 31.9. The first-order chi connectivity index (χ1) is 34.6. The van der Waals surface area contributed by atoms with Crippen LogP contribution >= 0.6 is 0 Å². The van der Waals surface area contributed by atoms with Gasteiger partial charge in [-0.05, 0) is 70.6 Å². The van der Waals surface area contributed by atoms with E-state index in [1.165, 1.54) is 289 Å². The lowest BCUT2D eigenvalue weighted by molar-refractivity contribution is -0.163. The first kappa shape index (κ1) is 68.4. The van der Waals surface area contributed by atoms with E-state index < -0.39 is 6.10 Å². The van der Waals surface area contributed by atoms with Gasteiger partial charge in [-0.25, -0.2) is 0 Å². The average Bonchev–Trinajstić information content (AvgIpc) is 3.36. The summed E-state index contributed by atoms with van der Waals surface area (Å²) < 4.78 is 17.6. The minimum absolute atomic E-state index is 0.0903. The fourth-order valence-corrected chi connectivity index (χ4v) is 9.68. The molecule has 0 aromatic heterocycles. The lowest BCUT2D eigenvalue weighted by Crippen LogP contribution is -2.30. The Kier molecular flexibility index (Phi) is 60.3. The van der Waals surface area contributed by atoms with Gasteiger partial charge in [0.2, 0.25) is 0 Å². The Morgan fingerprint density at radius 2 is 0.557 bits per heavy atom. The number of hydrogen-bond donors (Lipinski definition) is 0. The van der Waals surface area contributed by atoms with Crippen LogP contribution in [0.5, 0.6) is 0 Å². The normalized spacial score (nSPS) is 12.2. The van der Waals surface area contributed by atoms with Gasteiger partial charge in [-0.15, -0.1) is 0 Å². The van der Waals surface area contributed by atoms with E-state index in [0.29, 0.717) is 26.1 Å². The number of rotatable bonds is 60. The molecule has 0 amide bonds. The third kappa shape index (κ3) is 58.9. The fourth-order valence-electron chi connectivity index (χ4n) is 9.68. The Labute approximate surface area is 438 Å². The number of carbonyl (C=O) groups excluding carboxylic acids is 2. The molecule has 0 saturated heterocycles. The zero-order chi connectivity index (χ0) is 50.6. The Hall–Kier alpha value is -1.62. The molecule has 0 fully saturated rings. The lowest BCUT2D eigenvalue weighted by atomic mass is 10.0. The van der Waals surface area contributed by atoms with Crippen molar-refractivity contribution in [1.29, 1.82) is 0 Å². The molecule has 0 aliphatic heterocycles. The van der Waals surface area contributed by atoms with E-state index in [2.05, 4.69) is 45.1 Å². The number of unbranched alkanes of at least 4 members (excludes halogenated alkanes) is 45. The van der Waals surface area contributed by atoms with Crippen LogP contribution in [0.4, 0.5) is 0 Å². The van der Waals surface area contributed by atoms with Crippen molar-refractivity contribution in [1.82, 2.24) is 0 Å². The third-order valence-corrected chi connectivity index (χ3v) is 14.5. The average molecular weight is 986 g/mol. The van der Waals surface area contributed by atoms with Gasteiger partial charge in [-0.3, -0.25) is 9.59 Å². The van der Waals surface area contributed by atoms with Gasteiger partial charge in [0.05, 0.1) is 6.61 Å². The molecule has 0 spiro atoms. The molecule has 0 aliphatic carbocycles. The Balaban J connectivity index is 4.22. The van der Waals surface area contributed by atoms with Crippen LogP contribution in [0.25, 0.3) is 0 Å². The summed E-state index contributed by atoms with van der Waals surface area (Å²) in [4.78, 5) is 25.6. The van der Waals surface area contributed by atoms with Gasteiger partial charge in [0.25, 0.3) is 0 Å². The van der Waals surface area contributed by atoms with Crippen molar-refractivity contribution in [2.75, 3.05) is 19.8 Å². The number of allylic oxidation sites excluding steroid dienone is 4. The van der Waals surface area contributed by atoms with Gasteiger partial charge in [-0.1, -0.05) is 295 Å². The predicted molar refractivity (Wildman–Crippen MR) is 307 cm³/mol. The molecule has 0 heterocycles. The van der Waals surface area contributed by atoms with Crippen molar-refractivity contribution in [2.24, 2.45) is 0 Å². The third-order valence-electron chi connectivity index (χ3n) is 14.5. The molecule has 5 nitrogen and oxygen atoms in total. The van der Waals surface area contributed by atoms with Gasteiger partial charge in [0.15, 0.2) is 6.10 Å². The van der Waals surface area contributed by atoms with E-state index in [9.17, 15) is 9.59 Å².